The molecule has 1 unspecified atom stereocenters. The third-order valence-electron chi connectivity index (χ3n) is 2.69. The van der Waals surface area contributed by atoms with Gasteiger partial charge in [0.1, 0.15) is 5.78 Å². The Morgan fingerprint density at radius 3 is 1.94 bits per heavy atom. The van der Waals surface area contributed by atoms with Gasteiger partial charge >= 0.3 is 0 Å². The van der Waals surface area contributed by atoms with Gasteiger partial charge in [0.05, 0.1) is 11.5 Å². The van der Waals surface area contributed by atoms with Gasteiger partial charge in [0.25, 0.3) is 0 Å². The molecule has 0 fully saturated rings. The molecular formula is C14H20O2. The van der Waals surface area contributed by atoms with Gasteiger partial charge in [0, 0.05) is 0 Å². The SMILES string of the molecule is CC(=O)C(c1cc(C)cc(C)c1)C(C)(C)O. The molecule has 0 spiro atoms. The Kier molecular flexibility index (Phi) is 3.54. The summed E-state index contributed by atoms with van der Waals surface area (Å²) in [5.41, 5.74) is 2.11. The highest BCUT2D eigenvalue weighted by atomic mass is 16.3. The zero-order valence-corrected chi connectivity index (χ0v) is 10.7. The molecule has 0 heterocycles. The largest absolute Gasteiger partial charge is 0.389 e. The van der Waals surface area contributed by atoms with Crippen LogP contribution in [0.4, 0.5) is 0 Å². The molecule has 0 aromatic heterocycles. The summed E-state index contributed by atoms with van der Waals surface area (Å²) in [4.78, 5) is 11.7. The molecule has 0 aliphatic heterocycles. The number of carbonyl (C=O) groups is 1. The minimum Gasteiger partial charge on any atom is -0.389 e. The van der Waals surface area contributed by atoms with Crippen molar-refractivity contribution in [2.75, 3.05) is 0 Å². The summed E-state index contributed by atoms with van der Waals surface area (Å²) < 4.78 is 0. The molecule has 0 aliphatic carbocycles. The van der Waals surface area contributed by atoms with E-state index in [2.05, 4.69) is 6.07 Å². The Hall–Kier alpha value is -1.15. The van der Waals surface area contributed by atoms with Crippen molar-refractivity contribution in [2.24, 2.45) is 0 Å². The van der Waals surface area contributed by atoms with Gasteiger partial charge in [-0.1, -0.05) is 29.3 Å². The predicted molar refractivity (Wildman–Crippen MR) is 65.6 cm³/mol. The monoisotopic (exact) mass is 220 g/mol. The second-order valence-corrected chi connectivity index (χ2v) is 5.12. The Morgan fingerprint density at radius 2 is 1.62 bits per heavy atom. The van der Waals surface area contributed by atoms with Crippen molar-refractivity contribution in [2.45, 2.75) is 46.1 Å². The van der Waals surface area contributed by atoms with Crippen LogP contribution in [0.1, 0.15) is 43.4 Å². The zero-order chi connectivity index (χ0) is 12.5. The molecular weight excluding hydrogens is 200 g/mol. The summed E-state index contributed by atoms with van der Waals surface area (Å²) in [6.45, 7) is 8.88. The van der Waals surface area contributed by atoms with Crippen molar-refractivity contribution >= 4 is 5.78 Å². The summed E-state index contributed by atoms with van der Waals surface area (Å²) in [7, 11) is 0. The molecule has 0 bridgehead atoms. The maximum Gasteiger partial charge on any atom is 0.140 e. The topological polar surface area (TPSA) is 37.3 Å². The number of rotatable bonds is 3. The van der Waals surface area contributed by atoms with Crippen LogP contribution in [0.15, 0.2) is 18.2 Å². The molecule has 0 radical (unpaired) electrons. The van der Waals surface area contributed by atoms with Gasteiger partial charge in [0.15, 0.2) is 0 Å². The average molecular weight is 220 g/mol. The Morgan fingerprint density at radius 1 is 1.19 bits per heavy atom. The number of hydrogen-bond acceptors (Lipinski definition) is 2. The summed E-state index contributed by atoms with van der Waals surface area (Å²) in [5.74, 6) is -0.455. The standard InChI is InChI=1S/C14H20O2/c1-9-6-10(2)8-12(7-9)13(11(3)15)14(4,5)16/h6-8,13,16H,1-5H3. The minimum atomic E-state index is -1.02. The molecule has 1 aromatic carbocycles. The molecule has 1 atom stereocenters. The van der Waals surface area contributed by atoms with E-state index < -0.39 is 11.5 Å². The summed E-state index contributed by atoms with van der Waals surface area (Å²) >= 11 is 0. The van der Waals surface area contributed by atoms with Crippen molar-refractivity contribution in [3.63, 3.8) is 0 Å². The number of Topliss-reactive ketones (excluding diaryl/α,β-unsaturated/α-hetero) is 1. The lowest BCUT2D eigenvalue weighted by Crippen LogP contribution is -2.33. The van der Waals surface area contributed by atoms with Crippen LogP contribution < -0.4 is 0 Å². The summed E-state index contributed by atoms with van der Waals surface area (Å²) in [5, 5.41) is 10.1. The van der Waals surface area contributed by atoms with Crippen LogP contribution in [0.2, 0.25) is 0 Å². The smallest absolute Gasteiger partial charge is 0.140 e. The molecule has 1 aromatic rings. The van der Waals surface area contributed by atoms with Gasteiger partial charge in [-0.25, -0.2) is 0 Å². The van der Waals surface area contributed by atoms with E-state index in [9.17, 15) is 9.90 Å². The Labute approximate surface area is 97.3 Å². The molecule has 0 aliphatic rings. The molecule has 16 heavy (non-hydrogen) atoms. The fourth-order valence-electron chi connectivity index (χ4n) is 2.32. The number of aliphatic hydroxyl groups is 1. The lowest BCUT2D eigenvalue weighted by molar-refractivity contribution is -0.123. The molecule has 2 nitrogen and oxygen atoms in total. The fraction of sp³-hybridized carbons (Fsp3) is 0.500. The highest BCUT2D eigenvalue weighted by Gasteiger charge is 2.32. The van der Waals surface area contributed by atoms with Gasteiger partial charge in [-0.15, -0.1) is 0 Å². The molecule has 0 amide bonds. The van der Waals surface area contributed by atoms with Gasteiger partial charge in [-0.05, 0) is 40.2 Å². The van der Waals surface area contributed by atoms with E-state index in [1.165, 1.54) is 6.92 Å². The van der Waals surface area contributed by atoms with Crippen LogP contribution in [-0.4, -0.2) is 16.5 Å². The zero-order valence-electron chi connectivity index (χ0n) is 10.7. The molecule has 1 rings (SSSR count). The van der Waals surface area contributed by atoms with Crippen LogP contribution in [0.3, 0.4) is 0 Å². The van der Waals surface area contributed by atoms with Crippen LogP contribution in [0.5, 0.6) is 0 Å². The Balaban J connectivity index is 3.27. The van der Waals surface area contributed by atoms with Gasteiger partial charge < -0.3 is 5.11 Å². The second kappa shape index (κ2) is 4.38. The van der Waals surface area contributed by atoms with Crippen LogP contribution in [-0.2, 0) is 4.79 Å². The normalized spacial score (nSPS) is 13.6. The molecule has 1 N–H and O–H groups in total. The van der Waals surface area contributed by atoms with E-state index in [-0.39, 0.29) is 5.78 Å². The van der Waals surface area contributed by atoms with E-state index in [1.807, 2.05) is 26.0 Å². The van der Waals surface area contributed by atoms with Crippen LogP contribution in [0.25, 0.3) is 0 Å². The van der Waals surface area contributed by atoms with Crippen LogP contribution >= 0.6 is 0 Å². The molecule has 0 saturated heterocycles. The Bertz CT molecular complexity index is 379. The first kappa shape index (κ1) is 12.9. The van der Waals surface area contributed by atoms with Gasteiger partial charge in [-0.3, -0.25) is 4.79 Å². The van der Waals surface area contributed by atoms with E-state index >= 15 is 0 Å². The first-order chi connectivity index (χ1) is 7.21. The third-order valence-corrected chi connectivity index (χ3v) is 2.69. The molecule has 0 saturated carbocycles. The summed E-state index contributed by atoms with van der Waals surface area (Å²) in [6.07, 6.45) is 0. The maximum absolute atomic E-state index is 11.7. The van der Waals surface area contributed by atoms with Gasteiger partial charge in [-0.2, -0.15) is 0 Å². The second-order valence-electron chi connectivity index (χ2n) is 5.12. The summed E-state index contributed by atoms with van der Waals surface area (Å²) in [6, 6.07) is 6.00. The fourth-order valence-corrected chi connectivity index (χ4v) is 2.32. The predicted octanol–water partition coefficient (Wildman–Crippen LogP) is 2.75. The third kappa shape index (κ3) is 2.92. The number of aryl methyl sites for hydroxylation is 2. The number of carbonyl (C=O) groups excluding carboxylic acids is 1. The van der Waals surface area contributed by atoms with Crippen molar-refractivity contribution in [1.82, 2.24) is 0 Å². The highest BCUT2D eigenvalue weighted by Crippen LogP contribution is 2.30. The first-order valence-electron chi connectivity index (χ1n) is 5.53. The van der Waals surface area contributed by atoms with E-state index in [0.29, 0.717) is 0 Å². The van der Waals surface area contributed by atoms with Crippen molar-refractivity contribution in [1.29, 1.82) is 0 Å². The van der Waals surface area contributed by atoms with Crippen molar-refractivity contribution < 1.29 is 9.90 Å². The van der Waals surface area contributed by atoms with E-state index in [1.54, 1.807) is 13.8 Å². The molecule has 88 valence electrons. The number of hydrogen-bond donors (Lipinski definition) is 1. The van der Waals surface area contributed by atoms with Crippen molar-refractivity contribution in [3.8, 4) is 0 Å². The van der Waals surface area contributed by atoms with Crippen molar-refractivity contribution in [3.05, 3.63) is 34.9 Å². The van der Waals surface area contributed by atoms with Gasteiger partial charge in [0.2, 0.25) is 0 Å². The van der Waals surface area contributed by atoms with Crippen LogP contribution in [0, 0.1) is 13.8 Å². The first-order valence-corrected chi connectivity index (χ1v) is 5.53. The highest BCUT2D eigenvalue weighted by molar-refractivity contribution is 5.84. The lowest BCUT2D eigenvalue weighted by Gasteiger charge is -2.28. The molecule has 2 heteroatoms. The number of ketones is 1. The average Bonchev–Trinajstić information content (AvgIpc) is 1.96. The quantitative estimate of drug-likeness (QED) is 0.850. The lowest BCUT2D eigenvalue weighted by atomic mass is 9.81. The van der Waals surface area contributed by atoms with E-state index in [0.717, 1.165) is 16.7 Å². The minimum absolute atomic E-state index is 0.00231. The maximum atomic E-state index is 11.7. The van der Waals surface area contributed by atoms with E-state index in [4.69, 9.17) is 0 Å². The number of benzene rings is 1.